The van der Waals surface area contributed by atoms with E-state index in [9.17, 15) is 0 Å². The molecule has 0 radical (unpaired) electrons. The molecular weight excluding hydrogens is 937 g/mol. The Morgan fingerprint density at radius 3 is 0.703 bits per heavy atom. The zero-order chi connectivity index (χ0) is 50.9. The van der Waals surface area contributed by atoms with Crippen LogP contribution in [0.3, 0.4) is 0 Å². The van der Waals surface area contributed by atoms with Crippen LogP contribution in [0.5, 0.6) is 23.0 Å². The monoisotopic (exact) mass is 988 g/mol. The lowest BCUT2D eigenvalue weighted by atomic mass is 9.89. The van der Waals surface area contributed by atoms with E-state index < -0.39 is 22.7 Å². The van der Waals surface area contributed by atoms with Gasteiger partial charge in [0.2, 0.25) is 0 Å². The van der Waals surface area contributed by atoms with E-state index in [2.05, 4.69) is 48.5 Å². The maximum atomic E-state index is 15.9. The van der Waals surface area contributed by atoms with E-state index in [1.54, 1.807) is 67.6 Å². The molecule has 8 aromatic rings. The molecule has 74 heavy (non-hydrogen) atoms. The lowest BCUT2D eigenvalue weighted by molar-refractivity contribution is -0.125. The molecule has 5 saturated heterocycles. The number of hydrogen-bond donors (Lipinski definition) is 0. The Bertz CT molecular complexity index is 3510. The van der Waals surface area contributed by atoms with Crippen LogP contribution in [0.2, 0.25) is 0 Å². The number of amides is 8. The third-order valence-corrected chi connectivity index (χ3v) is 19.1. The molecule has 7 aliphatic rings. The van der Waals surface area contributed by atoms with Crippen LogP contribution in [0.25, 0.3) is 64.6 Å². The van der Waals surface area contributed by atoms with Crippen molar-refractivity contribution >= 4 is 88.8 Å². The number of benzene rings is 8. The largest absolute Gasteiger partial charge is 0.496 e. The van der Waals surface area contributed by atoms with Crippen LogP contribution >= 0.6 is 0 Å². The van der Waals surface area contributed by atoms with Crippen molar-refractivity contribution in [2.45, 2.75) is 76.5 Å². The molecule has 0 spiro atoms. The Hall–Kier alpha value is -8.40. The second-order valence-corrected chi connectivity index (χ2v) is 21.3. The van der Waals surface area contributed by atoms with Crippen LogP contribution in [0.15, 0.2) is 97.1 Å². The Kier molecular flexibility index (Phi) is 8.06. The number of methoxy groups -OCH3 is 4. The predicted molar refractivity (Wildman–Crippen MR) is 279 cm³/mol. The summed E-state index contributed by atoms with van der Waals surface area (Å²) in [4.78, 5) is 77.3. The van der Waals surface area contributed by atoms with Gasteiger partial charge in [-0.2, -0.15) is 0 Å². The summed E-state index contributed by atoms with van der Waals surface area (Å²) in [5, 5.41) is 11.5. The summed E-state index contributed by atoms with van der Waals surface area (Å²) in [5.74, 6) is 2.39. The molecule has 7 heterocycles. The van der Waals surface area contributed by atoms with Gasteiger partial charge in [-0.05, 0) is 70.8 Å². The number of urea groups is 4. The average molecular weight is 989 g/mol. The van der Waals surface area contributed by atoms with Gasteiger partial charge >= 0.3 is 24.1 Å². The van der Waals surface area contributed by atoms with Crippen LogP contribution in [0, 0.1) is 0 Å². The van der Waals surface area contributed by atoms with Gasteiger partial charge in [-0.3, -0.25) is 39.2 Å². The second kappa shape index (κ2) is 13.8. The number of ether oxygens (including phenoxy) is 4. The molecule has 0 saturated carbocycles. The number of hydrogen-bond acceptors (Lipinski definition) is 8. The highest BCUT2D eigenvalue weighted by Gasteiger charge is 2.81. The van der Waals surface area contributed by atoms with E-state index >= 15 is 19.2 Å². The highest BCUT2D eigenvalue weighted by molar-refractivity contribution is 6.30. The van der Waals surface area contributed by atoms with E-state index in [1.165, 1.54) is 0 Å². The topological polar surface area (TPSA) is 131 Å². The van der Waals surface area contributed by atoms with Crippen LogP contribution in [0.1, 0.15) is 49.9 Å². The van der Waals surface area contributed by atoms with Gasteiger partial charge in [0.15, 0.2) is 22.7 Å². The van der Waals surface area contributed by atoms with Gasteiger partial charge in [-0.1, -0.05) is 97.1 Å². The molecule has 0 aliphatic carbocycles. The fourth-order valence-electron chi connectivity index (χ4n) is 15.2. The minimum absolute atomic E-state index is 0.0623. The third kappa shape index (κ3) is 4.41. The van der Waals surface area contributed by atoms with E-state index in [1.807, 2.05) is 76.2 Å². The van der Waals surface area contributed by atoms with Gasteiger partial charge in [0, 0.05) is 43.8 Å². The summed E-state index contributed by atoms with van der Waals surface area (Å²) >= 11 is 0. The number of carbonyl (C=O) groups is 4. The molecule has 0 unspecified atom stereocenters. The van der Waals surface area contributed by atoms with Crippen LogP contribution in [-0.4, -0.2) is 128 Å². The molecule has 372 valence electrons. The van der Waals surface area contributed by atoms with Gasteiger partial charge < -0.3 is 18.9 Å². The van der Waals surface area contributed by atoms with Crippen molar-refractivity contribution < 1.29 is 38.1 Å². The minimum atomic E-state index is -1.41. The van der Waals surface area contributed by atoms with Crippen molar-refractivity contribution in [1.29, 1.82) is 0 Å². The summed E-state index contributed by atoms with van der Waals surface area (Å²) in [7, 11) is 6.60. The number of rotatable bonds is 4. The average Bonchev–Trinajstić information content (AvgIpc) is 3.67. The molecule has 0 N–H and O–H groups in total. The molecule has 8 amide bonds. The number of carbonyl (C=O) groups excluding carboxylic acids is 4. The summed E-state index contributed by atoms with van der Waals surface area (Å²) in [6.45, 7) is 7.46. The fraction of sp³-hybridized carbons (Fsp3) is 0.310. The maximum Gasteiger partial charge on any atom is 0.325 e. The van der Waals surface area contributed by atoms with Crippen LogP contribution < -0.4 is 18.9 Å². The normalized spacial score (nSPS) is 25.6. The first-order valence-electron chi connectivity index (χ1n) is 25.1. The first-order chi connectivity index (χ1) is 35.7. The lowest BCUT2D eigenvalue weighted by Gasteiger charge is -2.52. The fourth-order valence-corrected chi connectivity index (χ4v) is 15.2. The standard InChI is InChI=1S/C58H52N8O8/c1-55-57(3)63-29-65-53(69)61-27-41-42(50(74-8)46-38-24-16-12-20-34(38)33-19-11-15-23-37(33)45(46)49(41)73-7)28-62-54(70)66(58(65,4)56(61,62)2)30-64(57)52(68)60(55)26-40-39(25-59(55)51(63)67)47(71-5)43-35-21-13-9-17-31(35)32-18-10-14-22-36(32)44(43)48(40)72-6/h9-24H,25-30H2,1-8H3. The molecule has 16 heteroatoms. The molecule has 0 aromatic heterocycles. The Morgan fingerprint density at radius 1 is 0.311 bits per heavy atom. The molecule has 7 aliphatic heterocycles. The van der Waals surface area contributed by atoms with Crippen molar-refractivity contribution in [2.75, 3.05) is 41.8 Å². The molecule has 5 fully saturated rings. The van der Waals surface area contributed by atoms with Crippen molar-refractivity contribution in [3.05, 3.63) is 119 Å². The summed E-state index contributed by atoms with van der Waals surface area (Å²) < 4.78 is 25.9. The number of fused-ring (bicyclic) bond motifs is 14. The Morgan fingerprint density at radius 2 is 0.500 bits per heavy atom. The first-order valence-corrected chi connectivity index (χ1v) is 25.1. The molecular formula is C58H52N8O8. The zero-order valence-corrected chi connectivity index (χ0v) is 42.3. The quantitative estimate of drug-likeness (QED) is 0.159. The van der Waals surface area contributed by atoms with Gasteiger partial charge in [-0.25, -0.2) is 19.2 Å². The lowest BCUT2D eigenvalue weighted by Crippen LogP contribution is -2.73. The Labute approximate surface area is 425 Å². The van der Waals surface area contributed by atoms with Gasteiger partial charge in [0.1, 0.15) is 36.3 Å². The van der Waals surface area contributed by atoms with Crippen molar-refractivity contribution in [3.63, 3.8) is 0 Å². The molecule has 0 atom stereocenters. The van der Waals surface area contributed by atoms with Crippen LogP contribution in [-0.2, 0) is 26.2 Å². The molecule has 15 rings (SSSR count). The van der Waals surface area contributed by atoms with E-state index in [4.69, 9.17) is 18.9 Å². The second-order valence-electron chi connectivity index (χ2n) is 21.3. The van der Waals surface area contributed by atoms with E-state index in [-0.39, 0.29) is 63.6 Å². The smallest absolute Gasteiger partial charge is 0.325 e. The summed E-state index contributed by atoms with van der Waals surface area (Å²) in [6.07, 6.45) is 0. The van der Waals surface area contributed by atoms with Crippen LogP contribution in [0.4, 0.5) is 19.2 Å². The highest BCUT2D eigenvalue weighted by atomic mass is 16.5. The summed E-state index contributed by atoms with van der Waals surface area (Å²) in [5.41, 5.74) is -2.55. The van der Waals surface area contributed by atoms with Crippen molar-refractivity contribution in [2.24, 2.45) is 0 Å². The highest BCUT2D eigenvalue weighted by Crippen LogP contribution is 2.62. The SMILES string of the molecule is COc1c2c(c(OC)c3c4ccccc4c4ccccc4c13)CN1C(=O)N3CN4C(=O)N5Cc6c(c(OC)c7c8ccccc8c8ccccc8c7c6OC)CN6C(=O)N(CN7C(=O)N(C2)C1(C)C73C)C4(C)C65C. The van der Waals surface area contributed by atoms with E-state index in [0.717, 1.165) is 86.9 Å². The Balaban J connectivity index is 0.921. The van der Waals surface area contributed by atoms with Gasteiger partial charge in [0.05, 0.1) is 54.6 Å². The van der Waals surface area contributed by atoms with Crippen molar-refractivity contribution in [3.8, 4) is 23.0 Å². The van der Waals surface area contributed by atoms with E-state index in [0.29, 0.717) is 23.0 Å². The molecule has 8 aromatic carbocycles. The van der Waals surface area contributed by atoms with Gasteiger partial charge in [-0.15, -0.1) is 0 Å². The third-order valence-electron chi connectivity index (χ3n) is 19.1. The number of nitrogens with zero attached hydrogens (tertiary/aromatic N) is 8. The molecule has 0 bridgehead atoms. The zero-order valence-electron chi connectivity index (χ0n) is 42.3. The predicted octanol–water partition coefficient (Wildman–Crippen LogP) is 10.1. The first kappa shape index (κ1) is 43.2. The maximum absolute atomic E-state index is 15.9. The minimum Gasteiger partial charge on any atom is -0.496 e. The summed E-state index contributed by atoms with van der Waals surface area (Å²) in [6, 6.07) is 31.4. The molecule has 16 nitrogen and oxygen atoms in total. The van der Waals surface area contributed by atoms with Gasteiger partial charge in [0.25, 0.3) is 0 Å². The van der Waals surface area contributed by atoms with Crippen molar-refractivity contribution in [1.82, 2.24) is 39.2 Å².